The topological polar surface area (TPSA) is 122 Å². The fraction of sp³-hybridized carbons (Fsp3) is 0.269. The van der Waals surface area contributed by atoms with Crippen molar-refractivity contribution >= 4 is 28.8 Å². The van der Waals surface area contributed by atoms with Crippen molar-refractivity contribution in [1.29, 1.82) is 0 Å². The van der Waals surface area contributed by atoms with E-state index in [9.17, 15) is 9.90 Å². The molecule has 1 atom stereocenters. The Morgan fingerprint density at radius 2 is 1.86 bits per heavy atom. The molecule has 0 radical (unpaired) electrons. The van der Waals surface area contributed by atoms with Crippen molar-refractivity contribution in [1.82, 2.24) is 34.1 Å². The van der Waals surface area contributed by atoms with E-state index in [4.69, 9.17) is 4.74 Å². The maximum Gasteiger partial charge on any atom is 0.407 e. The highest BCUT2D eigenvalue weighted by Crippen LogP contribution is 2.36. The molecule has 0 aliphatic carbocycles. The van der Waals surface area contributed by atoms with Gasteiger partial charge in [0.1, 0.15) is 29.7 Å². The lowest BCUT2D eigenvalue weighted by Crippen LogP contribution is -2.33. The van der Waals surface area contributed by atoms with Gasteiger partial charge in [-0.15, -0.1) is 0 Å². The number of nitrogens with zero attached hydrogens (tertiary/aromatic N) is 7. The summed E-state index contributed by atoms with van der Waals surface area (Å²) in [5.41, 5.74) is 4.17. The first-order valence-electron chi connectivity index (χ1n) is 12.2. The second-order valence-electron chi connectivity index (χ2n) is 9.15. The molecule has 1 aliphatic rings. The number of aryl methyl sites for hydroxylation is 1. The van der Waals surface area contributed by atoms with E-state index < -0.39 is 6.09 Å². The highest BCUT2D eigenvalue weighted by atomic mass is 16.5. The molecule has 188 valence electrons. The molecule has 5 heterocycles. The van der Waals surface area contributed by atoms with Crippen LogP contribution in [0.15, 0.2) is 61.4 Å². The Kier molecular flexibility index (Phi) is 5.79. The molecule has 1 unspecified atom stereocenters. The largest absolute Gasteiger partial charge is 0.465 e. The van der Waals surface area contributed by atoms with Crippen LogP contribution in [-0.4, -0.2) is 51.8 Å². The lowest BCUT2D eigenvalue weighted by Gasteiger charge is -2.27. The van der Waals surface area contributed by atoms with Crippen LogP contribution in [0, 0.1) is 6.92 Å². The van der Waals surface area contributed by atoms with Gasteiger partial charge in [-0.25, -0.2) is 23.8 Å². The third-order valence-corrected chi connectivity index (χ3v) is 6.76. The zero-order chi connectivity index (χ0) is 25.4. The standard InChI is InChI=1S/C26H26N8O3/c1-17-13-18(6-7-22(17)37-19-8-11-33-23(14-19)27-15-29-33)31-25-24-20(9-12-34(24)30-16-28-25)21-5-3-2-4-10-32(21)26(35)36/h6-9,11-16,21H,2-5,10H2,1H3,(H,35,36)(H,28,30,31). The Bertz CT molecular complexity index is 1590. The van der Waals surface area contributed by atoms with E-state index in [0.717, 1.165) is 53.8 Å². The number of hydrogen-bond donors (Lipinski definition) is 2. The molecule has 1 aliphatic heterocycles. The Morgan fingerprint density at radius 3 is 2.73 bits per heavy atom. The van der Waals surface area contributed by atoms with Gasteiger partial charge in [-0.3, -0.25) is 0 Å². The van der Waals surface area contributed by atoms with Crippen molar-refractivity contribution < 1.29 is 14.6 Å². The summed E-state index contributed by atoms with van der Waals surface area (Å²) in [7, 11) is 0. The highest BCUT2D eigenvalue weighted by Gasteiger charge is 2.29. The van der Waals surface area contributed by atoms with Gasteiger partial charge < -0.3 is 20.1 Å². The van der Waals surface area contributed by atoms with Gasteiger partial charge in [-0.1, -0.05) is 12.8 Å². The third kappa shape index (κ3) is 4.39. The molecule has 11 nitrogen and oxygen atoms in total. The second kappa shape index (κ2) is 9.41. The van der Waals surface area contributed by atoms with E-state index in [2.05, 4.69) is 25.5 Å². The predicted molar refractivity (Wildman–Crippen MR) is 136 cm³/mol. The lowest BCUT2D eigenvalue weighted by atomic mass is 10.0. The van der Waals surface area contributed by atoms with Crippen molar-refractivity contribution in [3.63, 3.8) is 0 Å². The van der Waals surface area contributed by atoms with E-state index >= 15 is 0 Å². The molecule has 1 saturated heterocycles. The number of likely N-dealkylation sites (tertiary alicyclic amines) is 1. The van der Waals surface area contributed by atoms with Gasteiger partial charge in [0.2, 0.25) is 0 Å². The Hall–Kier alpha value is -4.67. The second-order valence-corrected chi connectivity index (χ2v) is 9.15. The molecule has 6 rings (SSSR count). The molecule has 37 heavy (non-hydrogen) atoms. The van der Waals surface area contributed by atoms with Crippen LogP contribution >= 0.6 is 0 Å². The van der Waals surface area contributed by atoms with Crippen LogP contribution in [0.3, 0.4) is 0 Å². The molecule has 1 fully saturated rings. The zero-order valence-electron chi connectivity index (χ0n) is 20.3. The number of anilines is 2. The van der Waals surface area contributed by atoms with Gasteiger partial charge in [0.15, 0.2) is 11.5 Å². The third-order valence-electron chi connectivity index (χ3n) is 6.76. The normalized spacial score (nSPS) is 16.1. The van der Waals surface area contributed by atoms with Crippen LogP contribution in [0.1, 0.15) is 42.9 Å². The van der Waals surface area contributed by atoms with E-state index in [-0.39, 0.29) is 6.04 Å². The summed E-state index contributed by atoms with van der Waals surface area (Å²) in [4.78, 5) is 22.3. The average molecular weight is 499 g/mol. The number of nitrogens with one attached hydrogen (secondary N) is 1. The van der Waals surface area contributed by atoms with Gasteiger partial charge in [-0.2, -0.15) is 10.2 Å². The number of hydrogen-bond acceptors (Lipinski definition) is 7. The quantitative estimate of drug-likeness (QED) is 0.339. The fourth-order valence-electron chi connectivity index (χ4n) is 4.96. The number of carbonyl (C=O) groups is 1. The van der Waals surface area contributed by atoms with Gasteiger partial charge in [0, 0.05) is 36.3 Å². The molecule has 1 amide bonds. The summed E-state index contributed by atoms with van der Waals surface area (Å²) in [6, 6.07) is 11.2. The van der Waals surface area contributed by atoms with Gasteiger partial charge >= 0.3 is 6.09 Å². The van der Waals surface area contributed by atoms with Crippen molar-refractivity contribution in [2.45, 2.75) is 38.6 Å². The number of benzene rings is 1. The lowest BCUT2D eigenvalue weighted by molar-refractivity contribution is 0.126. The number of fused-ring (bicyclic) bond motifs is 2. The van der Waals surface area contributed by atoms with E-state index in [1.165, 1.54) is 12.7 Å². The Balaban J connectivity index is 1.29. The minimum atomic E-state index is -0.896. The van der Waals surface area contributed by atoms with Crippen molar-refractivity contribution in [2.24, 2.45) is 0 Å². The number of aromatic nitrogens is 6. The molecule has 5 aromatic rings. The number of rotatable bonds is 5. The van der Waals surface area contributed by atoms with Crippen molar-refractivity contribution in [3.8, 4) is 11.5 Å². The first kappa shape index (κ1) is 22.8. The molecule has 11 heteroatoms. The molecule has 4 aromatic heterocycles. The molecular formula is C26H26N8O3. The smallest absolute Gasteiger partial charge is 0.407 e. The van der Waals surface area contributed by atoms with Crippen molar-refractivity contribution in [2.75, 3.05) is 11.9 Å². The van der Waals surface area contributed by atoms with Gasteiger partial charge in [-0.05, 0) is 55.7 Å². The zero-order valence-corrected chi connectivity index (χ0v) is 20.3. The van der Waals surface area contributed by atoms with E-state index in [1.54, 1.807) is 20.1 Å². The van der Waals surface area contributed by atoms with Crippen LogP contribution in [0.5, 0.6) is 11.5 Å². The molecule has 0 spiro atoms. The summed E-state index contributed by atoms with van der Waals surface area (Å²) in [5, 5.41) is 21.7. The maximum absolute atomic E-state index is 12.0. The van der Waals surface area contributed by atoms with Crippen molar-refractivity contribution in [3.05, 3.63) is 72.6 Å². The summed E-state index contributed by atoms with van der Waals surface area (Å²) in [5.74, 6) is 2.02. The molecule has 2 N–H and O–H groups in total. The molecular weight excluding hydrogens is 472 g/mol. The van der Waals surface area contributed by atoms with E-state index in [0.29, 0.717) is 23.8 Å². The number of amides is 1. The first-order chi connectivity index (χ1) is 18.1. The molecule has 0 bridgehead atoms. The fourth-order valence-corrected chi connectivity index (χ4v) is 4.96. The first-order valence-corrected chi connectivity index (χ1v) is 12.2. The van der Waals surface area contributed by atoms with Crippen LogP contribution in [0.2, 0.25) is 0 Å². The number of pyridine rings is 1. The average Bonchev–Trinajstić information content (AvgIpc) is 3.46. The minimum Gasteiger partial charge on any atom is -0.465 e. The Morgan fingerprint density at radius 1 is 1.03 bits per heavy atom. The molecule has 1 aromatic carbocycles. The van der Waals surface area contributed by atoms with Crippen LogP contribution in [0.25, 0.3) is 11.2 Å². The predicted octanol–water partition coefficient (Wildman–Crippen LogP) is 5.21. The maximum atomic E-state index is 12.0. The number of ether oxygens (including phenoxy) is 1. The molecule has 0 saturated carbocycles. The number of carboxylic acid groups (broad SMARTS) is 1. The summed E-state index contributed by atoms with van der Waals surface area (Å²) in [6.45, 7) is 2.50. The minimum absolute atomic E-state index is 0.239. The van der Waals surface area contributed by atoms with E-state index in [1.807, 2.05) is 49.5 Å². The highest BCUT2D eigenvalue weighted by molar-refractivity contribution is 5.78. The van der Waals surface area contributed by atoms with Crippen LogP contribution in [0.4, 0.5) is 16.3 Å². The Labute approximate surface area is 212 Å². The van der Waals surface area contributed by atoms with Gasteiger partial charge in [0.25, 0.3) is 0 Å². The monoisotopic (exact) mass is 498 g/mol. The van der Waals surface area contributed by atoms with Gasteiger partial charge in [0.05, 0.1) is 6.04 Å². The summed E-state index contributed by atoms with van der Waals surface area (Å²) >= 11 is 0. The summed E-state index contributed by atoms with van der Waals surface area (Å²) < 4.78 is 9.52. The summed E-state index contributed by atoms with van der Waals surface area (Å²) in [6.07, 6.45) is 9.40. The van der Waals surface area contributed by atoms with Crippen LogP contribution < -0.4 is 10.1 Å². The SMILES string of the molecule is Cc1cc(Nc2ncnn3ccc(C4CCCCCN4C(=O)O)c23)ccc1Oc1ccn2ncnc2c1. The van der Waals surface area contributed by atoms with Crippen LogP contribution in [-0.2, 0) is 0 Å².